The average molecular weight is 216 g/mol. The van der Waals surface area contributed by atoms with Gasteiger partial charge in [0, 0.05) is 25.7 Å². The number of hydrogen-bond acceptors (Lipinski definition) is 2. The topological polar surface area (TPSA) is 42.3 Å². The molecule has 0 unspecified atom stereocenters. The summed E-state index contributed by atoms with van der Waals surface area (Å²) in [5.41, 5.74) is -0.281. The summed E-state index contributed by atoms with van der Waals surface area (Å²) >= 11 is 0. The maximum atomic E-state index is 12.0. The Hall–Kier alpha value is -2.10. The van der Waals surface area contributed by atoms with Crippen LogP contribution in [-0.4, -0.2) is 29.6 Å². The molecule has 0 N–H and O–H groups in total. The lowest BCUT2D eigenvalue weighted by atomic mass is 10.2. The zero-order chi connectivity index (χ0) is 11.7. The van der Waals surface area contributed by atoms with E-state index in [1.807, 2.05) is 12.1 Å². The predicted octanol–water partition coefficient (Wildman–Crippen LogP) is 1.53. The van der Waals surface area contributed by atoms with Gasteiger partial charge in [0.05, 0.1) is 0 Å². The highest BCUT2D eigenvalue weighted by molar-refractivity contribution is 5.85. The third-order valence-electron chi connectivity index (χ3n) is 2.40. The number of amides is 1. The molecule has 0 radical (unpaired) electrons. The number of carbonyl (C=O) groups excluding carboxylic acids is 1. The Morgan fingerprint density at radius 2 is 1.88 bits per heavy atom. The molecule has 0 aliphatic rings. The van der Waals surface area contributed by atoms with Crippen molar-refractivity contribution in [1.82, 2.24) is 9.47 Å². The molecule has 4 nitrogen and oxygen atoms in total. The zero-order valence-corrected chi connectivity index (χ0v) is 9.18. The molecule has 0 atom stereocenters. The van der Waals surface area contributed by atoms with E-state index in [0.29, 0.717) is 5.39 Å². The van der Waals surface area contributed by atoms with Crippen molar-refractivity contribution < 1.29 is 4.79 Å². The smallest absolute Gasteiger partial charge is 0.330 e. The minimum atomic E-state index is -0.337. The number of hydrogen-bond donors (Lipinski definition) is 0. The quantitative estimate of drug-likeness (QED) is 0.670. The van der Waals surface area contributed by atoms with Gasteiger partial charge in [0.1, 0.15) is 0 Å². The molecule has 0 fully saturated rings. The SMILES string of the molecule is CN(C)C(=O)n1ccc2ccccc2c1=O. The summed E-state index contributed by atoms with van der Waals surface area (Å²) in [4.78, 5) is 25.1. The van der Waals surface area contributed by atoms with Crippen molar-refractivity contribution in [3.8, 4) is 0 Å². The maximum absolute atomic E-state index is 12.0. The van der Waals surface area contributed by atoms with Gasteiger partial charge in [-0.15, -0.1) is 0 Å². The van der Waals surface area contributed by atoms with Crippen molar-refractivity contribution in [2.45, 2.75) is 0 Å². The van der Waals surface area contributed by atoms with Crippen LogP contribution < -0.4 is 5.56 Å². The van der Waals surface area contributed by atoms with Gasteiger partial charge in [0.15, 0.2) is 0 Å². The number of fused-ring (bicyclic) bond motifs is 1. The highest BCUT2D eigenvalue weighted by Gasteiger charge is 2.10. The van der Waals surface area contributed by atoms with Gasteiger partial charge in [-0.2, -0.15) is 0 Å². The second-order valence-electron chi connectivity index (χ2n) is 3.76. The second kappa shape index (κ2) is 3.81. The molecule has 0 aliphatic carbocycles. The lowest BCUT2D eigenvalue weighted by Crippen LogP contribution is -2.34. The van der Waals surface area contributed by atoms with Crippen LogP contribution in [-0.2, 0) is 0 Å². The third kappa shape index (κ3) is 1.58. The van der Waals surface area contributed by atoms with Gasteiger partial charge in [-0.3, -0.25) is 4.79 Å². The van der Waals surface area contributed by atoms with E-state index in [9.17, 15) is 9.59 Å². The van der Waals surface area contributed by atoms with Crippen LogP contribution in [0.5, 0.6) is 0 Å². The molecule has 1 aromatic carbocycles. The molecule has 0 bridgehead atoms. The zero-order valence-electron chi connectivity index (χ0n) is 9.18. The summed E-state index contributed by atoms with van der Waals surface area (Å²) in [5, 5.41) is 1.40. The molecule has 0 aliphatic heterocycles. The second-order valence-corrected chi connectivity index (χ2v) is 3.76. The van der Waals surface area contributed by atoms with Gasteiger partial charge in [0.25, 0.3) is 5.56 Å². The number of pyridine rings is 1. The first-order valence-corrected chi connectivity index (χ1v) is 4.93. The van der Waals surface area contributed by atoms with E-state index < -0.39 is 0 Å². The first-order valence-electron chi connectivity index (χ1n) is 4.93. The predicted molar refractivity (Wildman–Crippen MR) is 62.7 cm³/mol. The van der Waals surface area contributed by atoms with Gasteiger partial charge in [0.2, 0.25) is 0 Å². The van der Waals surface area contributed by atoms with E-state index in [0.717, 1.165) is 9.95 Å². The van der Waals surface area contributed by atoms with Gasteiger partial charge in [-0.05, 0) is 17.5 Å². The molecule has 0 saturated heterocycles. The molecule has 16 heavy (non-hydrogen) atoms. The maximum Gasteiger partial charge on any atom is 0.330 e. The Morgan fingerprint density at radius 1 is 1.19 bits per heavy atom. The molecule has 82 valence electrons. The van der Waals surface area contributed by atoms with Gasteiger partial charge >= 0.3 is 6.03 Å². The molecule has 1 amide bonds. The van der Waals surface area contributed by atoms with Crippen LogP contribution in [0.1, 0.15) is 0 Å². The van der Waals surface area contributed by atoms with Crippen LogP contribution in [0.3, 0.4) is 0 Å². The fourth-order valence-electron chi connectivity index (χ4n) is 1.56. The van der Waals surface area contributed by atoms with Crippen LogP contribution in [0, 0.1) is 0 Å². The van der Waals surface area contributed by atoms with E-state index in [4.69, 9.17) is 0 Å². The number of aromatic nitrogens is 1. The van der Waals surface area contributed by atoms with Gasteiger partial charge in [-0.25, -0.2) is 9.36 Å². The first-order chi connectivity index (χ1) is 7.61. The van der Waals surface area contributed by atoms with Crippen molar-refractivity contribution in [2.75, 3.05) is 14.1 Å². The monoisotopic (exact) mass is 216 g/mol. The third-order valence-corrected chi connectivity index (χ3v) is 2.40. The Labute approximate surface area is 92.7 Å². The number of carbonyl (C=O) groups is 1. The van der Waals surface area contributed by atoms with Crippen LogP contribution >= 0.6 is 0 Å². The number of benzene rings is 1. The summed E-state index contributed by atoms with van der Waals surface area (Å²) in [6, 6.07) is 8.64. The van der Waals surface area contributed by atoms with E-state index in [-0.39, 0.29) is 11.6 Å². The summed E-state index contributed by atoms with van der Waals surface area (Å²) in [7, 11) is 3.23. The molecule has 0 spiro atoms. The van der Waals surface area contributed by atoms with Crippen LogP contribution in [0.4, 0.5) is 4.79 Å². The van der Waals surface area contributed by atoms with Crippen molar-refractivity contribution in [2.24, 2.45) is 0 Å². The normalized spacial score (nSPS) is 10.4. The van der Waals surface area contributed by atoms with Crippen molar-refractivity contribution in [3.05, 3.63) is 46.9 Å². The summed E-state index contributed by atoms with van der Waals surface area (Å²) in [5.74, 6) is 0. The van der Waals surface area contributed by atoms with Gasteiger partial charge < -0.3 is 4.90 Å². The van der Waals surface area contributed by atoms with E-state index in [1.54, 1.807) is 32.3 Å². The van der Waals surface area contributed by atoms with E-state index in [1.165, 1.54) is 11.1 Å². The Morgan fingerprint density at radius 3 is 2.56 bits per heavy atom. The molecular weight excluding hydrogens is 204 g/mol. The van der Waals surface area contributed by atoms with Crippen molar-refractivity contribution in [3.63, 3.8) is 0 Å². The standard InChI is InChI=1S/C12H12N2O2/c1-13(2)12(16)14-8-7-9-5-3-4-6-10(9)11(14)15/h3-8H,1-2H3. The summed E-state index contributed by atoms with van der Waals surface area (Å²) in [6.45, 7) is 0. The lowest BCUT2D eigenvalue weighted by molar-refractivity contribution is 0.218. The van der Waals surface area contributed by atoms with Crippen LogP contribution in [0.25, 0.3) is 10.8 Å². The minimum Gasteiger partial charge on any atom is -0.330 e. The van der Waals surface area contributed by atoms with Crippen LogP contribution in [0.2, 0.25) is 0 Å². The molecule has 2 rings (SSSR count). The van der Waals surface area contributed by atoms with E-state index >= 15 is 0 Å². The van der Waals surface area contributed by atoms with Crippen molar-refractivity contribution >= 4 is 16.8 Å². The Balaban J connectivity index is 2.71. The molecule has 1 aromatic heterocycles. The molecular formula is C12H12N2O2. The highest BCUT2D eigenvalue weighted by Crippen LogP contribution is 2.08. The van der Waals surface area contributed by atoms with E-state index in [2.05, 4.69) is 0 Å². The molecule has 2 aromatic rings. The fraction of sp³-hybridized carbons (Fsp3) is 0.167. The average Bonchev–Trinajstić information content (AvgIpc) is 2.29. The van der Waals surface area contributed by atoms with Gasteiger partial charge in [-0.1, -0.05) is 18.2 Å². The molecule has 0 saturated carbocycles. The summed E-state index contributed by atoms with van der Waals surface area (Å²) in [6.07, 6.45) is 1.51. The number of rotatable bonds is 0. The Kier molecular flexibility index (Phi) is 2.48. The van der Waals surface area contributed by atoms with Crippen LogP contribution in [0.15, 0.2) is 41.3 Å². The molecule has 4 heteroatoms. The van der Waals surface area contributed by atoms with Crippen molar-refractivity contribution in [1.29, 1.82) is 0 Å². The minimum absolute atomic E-state index is 0.281. The molecule has 1 heterocycles. The fourth-order valence-corrected chi connectivity index (χ4v) is 1.56. The summed E-state index contributed by atoms with van der Waals surface area (Å²) < 4.78 is 1.11. The number of nitrogens with zero attached hydrogens (tertiary/aromatic N) is 2. The lowest BCUT2D eigenvalue weighted by Gasteiger charge is -2.12. The first kappa shape index (κ1) is 10.4. The highest BCUT2D eigenvalue weighted by atomic mass is 16.2. The Bertz CT molecular complexity index is 599. The largest absolute Gasteiger partial charge is 0.330 e.